The van der Waals surface area contributed by atoms with Crippen molar-refractivity contribution in [1.82, 2.24) is 21.6 Å². The number of nitrogens with one attached hydrogen (secondary N) is 4. The molecule has 2 unspecified atom stereocenters. The first-order valence-electron chi connectivity index (χ1n) is 49.1. The Labute approximate surface area is 851 Å². The maximum atomic E-state index is 12.0. The molecule has 0 bridgehead atoms. The van der Waals surface area contributed by atoms with Crippen molar-refractivity contribution in [2.45, 2.75) is 283 Å². The van der Waals surface area contributed by atoms with Crippen LogP contribution in [0.3, 0.4) is 0 Å². The van der Waals surface area contributed by atoms with Crippen LogP contribution in [0.4, 0.5) is 14.4 Å². The minimum Gasteiger partial charge on any atom is -0.469 e. The molecule has 9 aliphatic carbocycles. The molecule has 806 valence electrons. The molecule has 11 aliphatic rings. The van der Waals surface area contributed by atoms with Gasteiger partial charge in [-0.25, -0.2) is 25.7 Å². The highest BCUT2D eigenvalue weighted by atomic mass is 35.5. The summed E-state index contributed by atoms with van der Waals surface area (Å²) in [6, 6.07) is 31.0. The fourth-order valence-electron chi connectivity index (χ4n) is 16.7. The molecule has 11 N–H and O–H groups in total. The van der Waals surface area contributed by atoms with Crippen molar-refractivity contribution in [2.24, 2.45) is 93.5 Å². The van der Waals surface area contributed by atoms with Gasteiger partial charge < -0.3 is 96.7 Å². The Morgan fingerprint density at radius 2 is 0.782 bits per heavy atom. The second-order valence-corrected chi connectivity index (χ2v) is 39.8. The number of ketones is 3. The molecule has 2 aliphatic heterocycles. The molecule has 0 aromatic heterocycles. The molecule has 9 saturated carbocycles. The van der Waals surface area contributed by atoms with E-state index in [1.165, 1.54) is 52.2 Å². The average Bonchev–Trinajstić information content (AvgIpc) is 1.60. The number of nitrogens with two attached hydrogens (primary N) is 3. The number of hydrazone groups is 1. The summed E-state index contributed by atoms with van der Waals surface area (Å²) < 4.78 is 88.0. The monoisotopic (exact) mass is 2050 g/mol. The Bertz CT molecular complexity index is 4070. The number of rotatable bonds is 26. The maximum absolute atomic E-state index is 12.0. The lowest BCUT2D eigenvalue weighted by atomic mass is 9.75. The Morgan fingerprint density at radius 3 is 1.14 bits per heavy atom. The van der Waals surface area contributed by atoms with Crippen molar-refractivity contribution in [3.05, 3.63) is 108 Å². The van der Waals surface area contributed by atoms with Gasteiger partial charge in [-0.15, -0.1) is 24.8 Å². The summed E-state index contributed by atoms with van der Waals surface area (Å²) in [7, 11) is 10.1. The Morgan fingerprint density at radius 1 is 0.430 bits per heavy atom. The lowest BCUT2D eigenvalue weighted by Crippen LogP contribution is -2.47. The molecule has 2 heterocycles. The van der Waals surface area contributed by atoms with E-state index in [1.54, 1.807) is 55.8 Å². The molecule has 3 amide bonds. The number of aliphatic hydroxyl groups excluding tert-OH is 1. The zero-order valence-corrected chi connectivity index (χ0v) is 88.1. The number of carbonyl (C=O) groups excluding carboxylic acids is 11. The van der Waals surface area contributed by atoms with E-state index in [2.05, 4.69) is 93.5 Å². The van der Waals surface area contributed by atoms with Crippen LogP contribution in [-0.2, 0) is 139 Å². The highest BCUT2D eigenvalue weighted by molar-refractivity contribution is 5.98. The molecule has 142 heavy (non-hydrogen) atoms. The number of hydrogen-bond donors (Lipinski definition) is 8. The minimum absolute atomic E-state index is 0. The summed E-state index contributed by atoms with van der Waals surface area (Å²) >= 11 is 0. The molecule has 11 fully saturated rings. The molecule has 39 heteroatoms. The van der Waals surface area contributed by atoms with E-state index in [0.29, 0.717) is 119 Å². The van der Waals surface area contributed by atoms with E-state index in [4.69, 9.17) is 79.4 Å². The zero-order valence-electron chi connectivity index (χ0n) is 86.5. The standard InChI is InChI=1S/C17H24O4.C16H22O3.C14H18O2.C12H21NO4.C11H18N2O4.C9H16O3.C7H13NO2.C6H12N2O2.C6H8O3.C5H12N2O2.2ClH/c1-19-17(20-2)15-10-14(8-9-16(15)18)12-21-11-13-6-4-3-5-7-13;1-2-4-14(5-3-1)12-17-13-15-6-8-16(9-7-15)18-10-11-19-16;15-14-8-6-13(7-9-14)11-16-10-12-4-2-1-3-5-12;1-12(2,3)17-11(15)13-7-8-5-9(6-8)10(14)16-4;1-11(2,3)17-10(15)13-12-8-5-7(6-8)9(14)16-4;10-7-8-1-3-9(4-2-8)11-5-6-12-9;1-10-7(9)6-2-5(3-6)4-8;1-10-6(9)4-2-5(3-4)8-7;1-9-6(8)4-2-5(7)3-4;1-5(2,3)9-4(8)7-6;;/h3-7,14-15,17H,8-12H2,1-2H3;1-5,15H,6-13H2;1-5,13H,6-11H2;8-9H,5-7H2,1-4H3,(H,13,15);7H,5-6H2,1-4H3,(H,13,15);8,10H,1-7H2;5-6H,2-4,8H2,1H3;4-5,8H,2-3,7H2,1H3;4H,2-3H2,1H3;6H2,1-3H3,(H,7,8);2*1H. The molecule has 0 radical (unpaired) electrons. The molecule has 3 aromatic rings. The van der Waals surface area contributed by atoms with E-state index >= 15 is 0 Å². The van der Waals surface area contributed by atoms with E-state index in [-0.39, 0.29) is 113 Å². The smallest absolute Gasteiger partial charge is 0.428 e. The van der Waals surface area contributed by atoms with E-state index in [9.17, 15) is 52.7 Å². The van der Waals surface area contributed by atoms with Crippen LogP contribution in [0.5, 0.6) is 0 Å². The third kappa shape index (κ3) is 51.0. The fourth-order valence-corrected chi connectivity index (χ4v) is 16.7. The SMILES string of the molecule is CC(C)(C)OC(=O)NN.COC(=O)C1CC(=NNC(=O)OC(C)(C)C)C1.COC(=O)C1CC(=O)C1.COC(=O)C1CC(CN)C1.COC(=O)C1CC(CNC(=O)OC(C)(C)C)C1.COC(=O)C1CC(NN)C1.COC(OC)C1CC(COCc2ccccc2)CCC1=O.Cl.Cl.O=C1CCC(COCc2ccccc2)CC1.OCC1CCC2(CC1)OCCO2.c1ccc(COCC2CCC3(CC2)OCCO3)cc1. The van der Waals surface area contributed by atoms with Gasteiger partial charge in [0.1, 0.15) is 34.2 Å². The molecule has 2 saturated heterocycles. The molecular weight excluding hydrogens is 1880 g/mol. The molecule has 2 spiro atoms. The van der Waals surface area contributed by atoms with Crippen LogP contribution in [0, 0.1) is 71.0 Å². The van der Waals surface area contributed by atoms with Crippen molar-refractivity contribution >= 4 is 96.0 Å². The number of alkyl carbamates (subject to hydrolysis) is 1. The first kappa shape index (κ1) is 128. The largest absolute Gasteiger partial charge is 0.469 e. The van der Waals surface area contributed by atoms with Gasteiger partial charge in [0.15, 0.2) is 17.9 Å². The van der Waals surface area contributed by atoms with Gasteiger partial charge in [-0.05, 0) is 211 Å². The minimum atomic E-state index is -0.609. The number of hydrogen-bond acceptors (Lipinski definition) is 34. The Balaban J connectivity index is 0.000000410. The van der Waals surface area contributed by atoms with Gasteiger partial charge in [-0.2, -0.15) is 5.10 Å². The van der Waals surface area contributed by atoms with Crippen LogP contribution in [0.25, 0.3) is 0 Å². The zero-order chi connectivity index (χ0) is 103. The van der Waals surface area contributed by atoms with Crippen molar-refractivity contribution in [3.8, 4) is 0 Å². The van der Waals surface area contributed by atoms with Gasteiger partial charge >= 0.3 is 48.1 Å². The number of nitrogens with zero attached hydrogens (tertiary/aromatic N) is 1. The van der Waals surface area contributed by atoms with Gasteiger partial charge in [-0.1, -0.05) is 91.0 Å². The van der Waals surface area contributed by atoms with Crippen LogP contribution < -0.4 is 39.0 Å². The Kier molecular flexibility index (Phi) is 61.2. The van der Waals surface area contributed by atoms with E-state index < -0.39 is 41.4 Å². The van der Waals surface area contributed by atoms with Crippen LogP contribution in [0.15, 0.2) is 96.1 Å². The molecule has 2 atom stereocenters. The van der Waals surface area contributed by atoms with E-state index in [1.807, 2.05) is 68.7 Å². The van der Waals surface area contributed by atoms with Gasteiger partial charge in [0, 0.05) is 130 Å². The quantitative estimate of drug-likeness (QED) is 0.00924. The summed E-state index contributed by atoms with van der Waals surface area (Å²) in [5, 5.41) is 15.5. The normalized spacial score (nSPS) is 22.7. The Hall–Kier alpha value is -8.48. The van der Waals surface area contributed by atoms with Crippen LogP contribution in [0.1, 0.15) is 240 Å². The third-order valence-corrected chi connectivity index (χ3v) is 25.2. The maximum Gasteiger partial charge on any atom is 0.428 e. The highest BCUT2D eigenvalue weighted by Gasteiger charge is 2.44. The van der Waals surface area contributed by atoms with Crippen LogP contribution in [0.2, 0.25) is 0 Å². The van der Waals surface area contributed by atoms with Crippen LogP contribution in [-0.4, -0.2) is 233 Å². The van der Waals surface area contributed by atoms with Gasteiger partial charge in [0.25, 0.3) is 0 Å². The number of Topliss-reactive ketones (excluding diaryl/α,β-unsaturated/α-hetero) is 3. The summed E-state index contributed by atoms with van der Waals surface area (Å²) in [5.41, 5.74) is 15.1. The molecular formula is C103H166Cl2N8O29. The van der Waals surface area contributed by atoms with Gasteiger partial charge in [0.05, 0.1) is 117 Å². The third-order valence-electron chi connectivity index (χ3n) is 25.2. The first-order valence-corrected chi connectivity index (χ1v) is 49.1. The second-order valence-electron chi connectivity index (χ2n) is 39.8. The lowest BCUT2D eigenvalue weighted by Gasteiger charge is -2.35. The van der Waals surface area contributed by atoms with E-state index in [0.717, 1.165) is 180 Å². The number of hydrazine groups is 2. The number of halogens is 2. The number of carbonyl (C=O) groups is 11. The molecule has 3 aromatic carbocycles. The number of methoxy groups -OCH3 is 7. The van der Waals surface area contributed by atoms with Crippen molar-refractivity contribution < 1.29 is 138 Å². The predicted molar refractivity (Wildman–Crippen MR) is 534 cm³/mol. The summed E-state index contributed by atoms with van der Waals surface area (Å²) in [6.45, 7) is 25.0. The molecule has 14 rings (SSSR count). The fraction of sp³-hybridized carbons (Fsp3) is 0.709. The summed E-state index contributed by atoms with van der Waals surface area (Å²) in [4.78, 5) is 121. The predicted octanol–water partition coefficient (Wildman–Crippen LogP) is 13.9. The number of aliphatic hydroxyl groups is 1. The second kappa shape index (κ2) is 68.1. The van der Waals surface area contributed by atoms with Crippen LogP contribution >= 0.6 is 24.8 Å². The lowest BCUT2D eigenvalue weighted by molar-refractivity contribution is -0.185. The average molecular weight is 2050 g/mol. The number of ether oxygens (including phenoxy) is 17. The van der Waals surface area contributed by atoms with Crippen molar-refractivity contribution in [3.63, 3.8) is 0 Å². The molecule has 37 nitrogen and oxygen atoms in total. The number of amides is 3. The first-order chi connectivity index (χ1) is 66.7. The highest BCUT2D eigenvalue weighted by Crippen LogP contribution is 2.41. The number of benzene rings is 3. The van der Waals surface area contributed by atoms with Gasteiger partial charge in [0.2, 0.25) is 0 Å². The van der Waals surface area contributed by atoms with Gasteiger partial charge in [-0.3, -0.25) is 55.1 Å². The summed E-state index contributed by atoms with van der Waals surface area (Å²) in [6.07, 6.45) is 18.9. The summed E-state index contributed by atoms with van der Waals surface area (Å²) in [5.74, 6) is 12.2. The number of esters is 5. The van der Waals surface area contributed by atoms with Crippen molar-refractivity contribution in [1.29, 1.82) is 0 Å². The van der Waals surface area contributed by atoms with Crippen molar-refractivity contribution in [2.75, 3.05) is 116 Å². The topological polar surface area (TPSA) is 503 Å².